The van der Waals surface area contributed by atoms with Crippen molar-refractivity contribution in [1.29, 1.82) is 0 Å². The molecule has 10 heteroatoms. The molecule has 3 N–H and O–H groups in total. The summed E-state index contributed by atoms with van der Waals surface area (Å²) in [7, 11) is -4.38. The lowest BCUT2D eigenvalue weighted by molar-refractivity contribution is -0.161. The quantitative estimate of drug-likeness (QED) is 0.0267. The summed E-state index contributed by atoms with van der Waals surface area (Å²) < 4.78 is 32.8. The molecule has 0 fully saturated rings. The molecular weight excluding hydrogens is 725 g/mol. The van der Waals surface area contributed by atoms with Crippen molar-refractivity contribution in [3.63, 3.8) is 0 Å². The van der Waals surface area contributed by atoms with Crippen LogP contribution in [0.2, 0.25) is 0 Å². The molecule has 0 heterocycles. The average molecular weight is 814 g/mol. The Morgan fingerprint density at radius 1 is 0.536 bits per heavy atom. The van der Waals surface area contributed by atoms with Crippen LogP contribution in [0.4, 0.5) is 0 Å². The van der Waals surface area contributed by atoms with Crippen LogP contribution < -0.4 is 5.73 Å². The third-order valence-electron chi connectivity index (χ3n) is 10.1. The van der Waals surface area contributed by atoms with Gasteiger partial charge >= 0.3 is 19.8 Å². The summed E-state index contributed by atoms with van der Waals surface area (Å²) in [6, 6.07) is 0. The third kappa shape index (κ3) is 42.1. The minimum absolute atomic E-state index is 0.0525. The van der Waals surface area contributed by atoms with Gasteiger partial charge in [-0.2, -0.15) is 0 Å². The first-order valence-corrected chi connectivity index (χ1v) is 24.8. The highest BCUT2D eigenvalue weighted by Crippen LogP contribution is 2.43. The number of allylic oxidation sites excluding steroid dienone is 4. The van der Waals surface area contributed by atoms with Crippen LogP contribution in [0.15, 0.2) is 24.3 Å². The maximum atomic E-state index is 12.6. The van der Waals surface area contributed by atoms with E-state index >= 15 is 0 Å². The zero-order valence-electron chi connectivity index (χ0n) is 36.4. The molecule has 0 rings (SSSR count). The van der Waals surface area contributed by atoms with Crippen LogP contribution in [0, 0.1) is 0 Å². The lowest BCUT2D eigenvalue weighted by Gasteiger charge is -2.19. The van der Waals surface area contributed by atoms with Crippen molar-refractivity contribution in [3.05, 3.63) is 24.3 Å². The second kappa shape index (κ2) is 43.1. The second-order valence-electron chi connectivity index (χ2n) is 15.6. The zero-order chi connectivity index (χ0) is 41.1. The fourth-order valence-corrected chi connectivity index (χ4v) is 7.36. The smallest absolute Gasteiger partial charge is 0.462 e. The van der Waals surface area contributed by atoms with E-state index in [1.165, 1.54) is 128 Å². The van der Waals surface area contributed by atoms with Gasteiger partial charge in [-0.05, 0) is 38.5 Å². The van der Waals surface area contributed by atoms with E-state index in [-0.39, 0.29) is 38.6 Å². The lowest BCUT2D eigenvalue weighted by atomic mass is 10.0. The number of ether oxygens (including phenoxy) is 2. The summed E-state index contributed by atoms with van der Waals surface area (Å²) in [6.07, 6.45) is 46.4. The molecule has 9 nitrogen and oxygen atoms in total. The molecule has 0 aromatic rings. The molecule has 56 heavy (non-hydrogen) atoms. The number of phosphoric acid groups is 1. The first-order chi connectivity index (χ1) is 27.3. The molecular formula is C46H88NO8P. The fraction of sp³-hybridized carbons (Fsp3) is 0.870. The van der Waals surface area contributed by atoms with E-state index in [1.807, 2.05) is 0 Å². The van der Waals surface area contributed by atoms with Crippen molar-refractivity contribution in [2.24, 2.45) is 5.73 Å². The van der Waals surface area contributed by atoms with Crippen LogP contribution >= 0.6 is 7.82 Å². The first kappa shape index (κ1) is 54.5. The van der Waals surface area contributed by atoms with Gasteiger partial charge in [-0.3, -0.25) is 18.6 Å². The first-order valence-electron chi connectivity index (χ1n) is 23.3. The van der Waals surface area contributed by atoms with Gasteiger partial charge in [0.1, 0.15) is 6.61 Å². The van der Waals surface area contributed by atoms with Gasteiger partial charge in [0.05, 0.1) is 13.2 Å². The average Bonchev–Trinajstić information content (AvgIpc) is 3.18. The molecule has 0 aromatic carbocycles. The predicted molar refractivity (Wildman–Crippen MR) is 234 cm³/mol. The van der Waals surface area contributed by atoms with E-state index in [0.29, 0.717) is 6.42 Å². The van der Waals surface area contributed by atoms with E-state index < -0.39 is 26.5 Å². The number of hydrogen-bond donors (Lipinski definition) is 2. The minimum Gasteiger partial charge on any atom is -0.462 e. The fourth-order valence-electron chi connectivity index (χ4n) is 6.59. The monoisotopic (exact) mass is 814 g/mol. The predicted octanol–water partition coefficient (Wildman–Crippen LogP) is 13.6. The molecule has 0 aliphatic rings. The molecule has 330 valence electrons. The summed E-state index contributed by atoms with van der Waals surface area (Å²) in [6.45, 7) is 3.71. The summed E-state index contributed by atoms with van der Waals surface area (Å²) >= 11 is 0. The van der Waals surface area contributed by atoms with E-state index in [4.69, 9.17) is 24.3 Å². The van der Waals surface area contributed by atoms with Crippen molar-refractivity contribution in [1.82, 2.24) is 0 Å². The SMILES string of the molecule is CCCC/C=C/C/C=C/CCCCCCCC(=O)O[C@@H](COC(=O)CCCCCCCCCCCCCCCCCCCCCCC)COP(=O)(O)OCCN. The van der Waals surface area contributed by atoms with Gasteiger partial charge in [0.25, 0.3) is 0 Å². The van der Waals surface area contributed by atoms with Gasteiger partial charge in [0.15, 0.2) is 6.10 Å². The Hall–Kier alpha value is -1.51. The molecule has 0 saturated heterocycles. The highest BCUT2D eigenvalue weighted by molar-refractivity contribution is 7.47. The number of rotatable bonds is 44. The molecule has 1 unspecified atom stereocenters. The number of carbonyl (C=O) groups is 2. The van der Waals surface area contributed by atoms with E-state index in [0.717, 1.165) is 64.2 Å². The third-order valence-corrected chi connectivity index (χ3v) is 11.1. The molecule has 0 spiro atoms. The van der Waals surface area contributed by atoms with E-state index in [2.05, 4.69) is 38.2 Å². The number of unbranched alkanes of at least 4 members (excludes halogenated alkanes) is 27. The summed E-state index contributed by atoms with van der Waals surface area (Å²) in [5.41, 5.74) is 5.35. The Bertz CT molecular complexity index is 975. The summed E-state index contributed by atoms with van der Waals surface area (Å²) in [4.78, 5) is 34.9. The van der Waals surface area contributed by atoms with Crippen LogP contribution in [-0.4, -0.2) is 49.3 Å². The Kier molecular flexibility index (Phi) is 41.9. The van der Waals surface area contributed by atoms with Crippen molar-refractivity contribution in [2.75, 3.05) is 26.4 Å². The van der Waals surface area contributed by atoms with Crippen LogP contribution in [0.1, 0.15) is 226 Å². The minimum atomic E-state index is -4.38. The van der Waals surface area contributed by atoms with Gasteiger partial charge in [-0.15, -0.1) is 0 Å². The Morgan fingerprint density at radius 3 is 1.41 bits per heavy atom. The molecule has 0 bridgehead atoms. The lowest BCUT2D eigenvalue weighted by Crippen LogP contribution is -2.29. The maximum absolute atomic E-state index is 12.6. The van der Waals surface area contributed by atoms with Gasteiger partial charge in [-0.25, -0.2) is 4.57 Å². The number of phosphoric ester groups is 1. The van der Waals surface area contributed by atoms with Crippen molar-refractivity contribution >= 4 is 19.8 Å². The second-order valence-corrected chi connectivity index (χ2v) is 17.1. The molecule has 0 aliphatic carbocycles. The Balaban J connectivity index is 4.04. The molecule has 0 amide bonds. The van der Waals surface area contributed by atoms with Crippen molar-refractivity contribution in [2.45, 2.75) is 232 Å². The molecule has 0 aromatic heterocycles. The van der Waals surface area contributed by atoms with Gasteiger partial charge in [0, 0.05) is 19.4 Å². The van der Waals surface area contributed by atoms with Crippen LogP contribution in [0.25, 0.3) is 0 Å². The normalized spacial score (nSPS) is 13.4. The number of nitrogens with two attached hydrogens (primary N) is 1. The molecule has 0 aliphatic heterocycles. The largest absolute Gasteiger partial charge is 0.472 e. The molecule has 2 atom stereocenters. The summed E-state index contributed by atoms with van der Waals surface area (Å²) in [5, 5.41) is 0. The maximum Gasteiger partial charge on any atom is 0.472 e. The highest BCUT2D eigenvalue weighted by atomic mass is 31.2. The number of carbonyl (C=O) groups excluding carboxylic acids is 2. The van der Waals surface area contributed by atoms with Crippen LogP contribution in [0.3, 0.4) is 0 Å². The Labute approximate surface area is 344 Å². The summed E-state index contributed by atoms with van der Waals surface area (Å²) in [5.74, 6) is -0.835. The van der Waals surface area contributed by atoms with Crippen molar-refractivity contribution < 1.29 is 37.6 Å². The zero-order valence-corrected chi connectivity index (χ0v) is 37.3. The van der Waals surface area contributed by atoms with Crippen molar-refractivity contribution in [3.8, 4) is 0 Å². The van der Waals surface area contributed by atoms with Crippen LogP contribution in [0.5, 0.6) is 0 Å². The van der Waals surface area contributed by atoms with Gasteiger partial charge in [-0.1, -0.05) is 199 Å². The number of hydrogen-bond acceptors (Lipinski definition) is 8. The molecule has 0 radical (unpaired) electrons. The standard InChI is InChI=1S/C46H88NO8P/c1-3-5-7-9-11-13-15-17-19-20-21-22-23-24-25-27-28-30-32-34-36-38-45(48)52-42-44(43-54-56(50,51)53-41-40-47)55-46(49)39-37-35-33-31-29-26-18-16-14-12-10-8-6-4-2/h10,12,16,18,44H,3-9,11,13-15,17,19-43,47H2,1-2H3,(H,50,51)/b12-10+,18-16+/t44-/m0/s1. The van der Waals surface area contributed by atoms with Gasteiger partial charge < -0.3 is 20.1 Å². The highest BCUT2D eigenvalue weighted by Gasteiger charge is 2.26. The van der Waals surface area contributed by atoms with E-state index in [9.17, 15) is 19.0 Å². The topological polar surface area (TPSA) is 134 Å². The van der Waals surface area contributed by atoms with Gasteiger partial charge in [0.2, 0.25) is 0 Å². The molecule has 0 saturated carbocycles. The number of esters is 2. The Morgan fingerprint density at radius 2 is 0.946 bits per heavy atom. The van der Waals surface area contributed by atoms with Crippen LogP contribution in [-0.2, 0) is 32.7 Å². The van der Waals surface area contributed by atoms with E-state index in [1.54, 1.807) is 0 Å².